The number of ether oxygens (including phenoxy) is 2. The highest BCUT2D eigenvalue weighted by Crippen LogP contribution is 2.31. The Morgan fingerprint density at radius 3 is 2.24 bits per heavy atom. The SMILES string of the molecule is O=C(COc1cccc(C(C(=O)OCC2CCN(Cc3ccccc3)CC2)c2ccccc2)c1)N[C@H]1C[C@H](NC(=O)c2ccc(CCNC[C@H](O)c3ccc(O)c4[nH]c(=O)ccc34)cc2)C1. The number of nitrogens with zero attached hydrogens (tertiary/aromatic N) is 1. The summed E-state index contributed by atoms with van der Waals surface area (Å²) >= 11 is 0. The van der Waals surface area contributed by atoms with E-state index in [9.17, 15) is 29.4 Å². The number of H-pyrrole nitrogens is 1. The average molecular weight is 892 g/mol. The van der Waals surface area contributed by atoms with Crippen molar-refractivity contribution in [3.05, 3.63) is 177 Å². The van der Waals surface area contributed by atoms with E-state index in [0.29, 0.717) is 66.1 Å². The number of aliphatic hydroxyl groups excluding tert-OH is 1. The van der Waals surface area contributed by atoms with Crippen LogP contribution in [0.2, 0.25) is 0 Å². The Bertz CT molecular complexity index is 2630. The van der Waals surface area contributed by atoms with Crippen LogP contribution in [-0.4, -0.2) is 89.4 Å². The summed E-state index contributed by atoms with van der Waals surface area (Å²) in [6.07, 6.45) is 2.98. The number of aromatic amines is 1. The number of carbonyl (C=O) groups is 3. The first kappa shape index (κ1) is 45.8. The molecule has 2 heterocycles. The first-order chi connectivity index (χ1) is 32.1. The maximum Gasteiger partial charge on any atom is 0.317 e. The minimum absolute atomic E-state index is 0.0568. The molecule has 1 aromatic heterocycles. The number of fused-ring (bicyclic) bond motifs is 1. The molecule has 2 atom stereocenters. The number of benzene rings is 5. The van der Waals surface area contributed by atoms with Crippen LogP contribution in [-0.2, 0) is 27.3 Å². The largest absolute Gasteiger partial charge is 0.506 e. The lowest BCUT2D eigenvalue weighted by molar-refractivity contribution is -0.146. The number of rotatable bonds is 19. The van der Waals surface area contributed by atoms with Gasteiger partial charge in [-0.15, -0.1) is 0 Å². The highest BCUT2D eigenvalue weighted by molar-refractivity contribution is 5.94. The number of aromatic nitrogens is 1. The second-order valence-corrected chi connectivity index (χ2v) is 17.4. The Labute approximate surface area is 384 Å². The number of aromatic hydroxyl groups is 1. The Morgan fingerprint density at radius 1 is 0.773 bits per heavy atom. The summed E-state index contributed by atoms with van der Waals surface area (Å²) < 4.78 is 11.9. The van der Waals surface area contributed by atoms with Gasteiger partial charge in [0.25, 0.3) is 11.8 Å². The fraction of sp³-hybridized carbons (Fsp3) is 0.321. The van der Waals surface area contributed by atoms with Gasteiger partial charge < -0.3 is 40.6 Å². The van der Waals surface area contributed by atoms with E-state index in [1.165, 1.54) is 17.7 Å². The average Bonchev–Trinajstić information content (AvgIpc) is 3.32. The minimum Gasteiger partial charge on any atom is -0.506 e. The summed E-state index contributed by atoms with van der Waals surface area (Å²) in [5.41, 5.74) is 4.97. The fourth-order valence-corrected chi connectivity index (χ4v) is 8.82. The number of phenolic OH excluding ortho intramolecular Hbond substituents is 1. The molecule has 342 valence electrons. The second kappa shape index (κ2) is 21.9. The number of piperidine rings is 1. The molecule has 2 amide bonds. The van der Waals surface area contributed by atoms with Gasteiger partial charge in [0.2, 0.25) is 5.56 Å². The predicted molar refractivity (Wildman–Crippen MR) is 252 cm³/mol. The third-order valence-electron chi connectivity index (χ3n) is 12.6. The summed E-state index contributed by atoms with van der Waals surface area (Å²) in [6, 6.07) is 40.6. The Hall–Kier alpha value is -6.80. The number of carbonyl (C=O) groups excluding carboxylic acids is 3. The normalized spacial score (nSPS) is 17.3. The first-order valence-corrected chi connectivity index (χ1v) is 22.8. The number of hydrogen-bond donors (Lipinski definition) is 6. The van der Waals surface area contributed by atoms with Crippen LogP contribution in [0.25, 0.3) is 10.9 Å². The van der Waals surface area contributed by atoms with E-state index in [0.717, 1.165) is 49.2 Å². The molecule has 1 saturated carbocycles. The number of amides is 2. The van der Waals surface area contributed by atoms with Gasteiger partial charge >= 0.3 is 5.97 Å². The van der Waals surface area contributed by atoms with Crippen LogP contribution >= 0.6 is 0 Å². The topological polar surface area (TPSA) is 182 Å². The third kappa shape index (κ3) is 12.1. The van der Waals surface area contributed by atoms with Crippen LogP contribution in [0.5, 0.6) is 11.5 Å². The van der Waals surface area contributed by atoms with Crippen molar-refractivity contribution in [2.24, 2.45) is 5.92 Å². The molecule has 66 heavy (non-hydrogen) atoms. The van der Waals surface area contributed by atoms with Gasteiger partial charge in [0, 0.05) is 42.2 Å². The van der Waals surface area contributed by atoms with Crippen LogP contribution in [0.1, 0.15) is 75.9 Å². The van der Waals surface area contributed by atoms with E-state index in [1.54, 1.807) is 36.4 Å². The third-order valence-corrected chi connectivity index (χ3v) is 12.6. The molecule has 13 nitrogen and oxygen atoms in total. The van der Waals surface area contributed by atoms with Gasteiger partial charge in [0.1, 0.15) is 17.4 Å². The van der Waals surface area contributed by atoms with Gasteiger partial charge in [-0.1, -0.05) is 91.0 Å². The van der Waals surface area contributed by atoms with Gasteiger partial charge in [0.05, 0.1) is 18.2 Å². The summed E-state index contributed by atoms with van der Waals surface area (Å²) in [5, 5.41) is 30.8. The molecule has 1 unspecified atom stereocenters. The maximum absolute atomic E-state index is 13.8. The predicted octanol–water partition coefficient (Wildman–Crippen LogP) is 6.14. The van der Waals surface area contributed by atoms with Gasteiger partial charge in [-0.2, -0.15) is 0 Å². The lowest BCUT2D eigenvalue weighted by Crippen LogP contribution is -2.54. The number of nitrogens with one attached hydrogen (secondary N) is 4. The van der Waals surface area contributed by atoms with Gasteiger partial charge in [-0.3, -0.25) is 24.1 Å². The molecule has 1 saturated heterocycles. The van der Waals surface area contributed by atoms with Crippen LogP contribution in [0.15, 0.2) is 138 Å². The minimum atomic E-state index is -0.852. The molecule has 6 N–H and O–H groups in total. The van der Waals surface area contributed by atoms with Crippen molar-refractivity contribution in [2.75, 3.05) is 39.4 Å². The smallest absolute Gasteiger partial charge is 0.317 e. The van der Waals surface area contributed by atoms with E-state index in [4.69, 9.17) is 9.47 Å². The molecule has 6 aromatic rings. The molecule has 1 aliphatic carbocycles. The number of aliphatic hydroxyl groups is 1. The molecule has 0 spiro atoms. The Morgan fingerprint density at radius 2 is 1.48 bits per heavy atom. The van der Waals surface area contributed by atoms with Crippen molar-refractivity contribution in [3.63, 3.8) is 0 Å². The van der Waals surface area contributed by atoms with Crippen molar-refractivity contribution in [1.29, 1.82) is 0 Å². The molecule has 2 aliphatic rings. The number of phenols is 1. The number of hydrogen-bond acceptors (Lipinski definition) is 10. The molecule has 8 rings (SSSR count). The van der Waals surface area contributed by atoms with E-state index in [1.807, 2.05) is 60.7 Å². The highest BCUT2D eigenvalue weighted by atomic mass is 16.5. The molecular formula is C53H57N5O8. The second-order valence-electron chi connectivity index (χ2n) is 17.4. The van der Waals surface area contributed by atoms with Crippen LogP contribution in [0.3, 0.4) is 0 Å². The summed E-state index contributed by atoms with van der Waals surface area (Å²) in [4.78, 5) is 56.5. The molecule has 2 fully saturated rings. The van der Waals surface area contributed by atoms with Crippen LogP contribution in [0.4, 0.5) is 0 Å². The number of likely N-dealkylation sites (tertiary alicyclic amines) is 1. The molecule has 0 radical (unpaired) electrons. The molecule has 13 heteroatoms. The Balaban J connectivity index is 0.738. The van der Waals surface area contributed by atoms with Gasteiger partial charge in [-0.05, 0) is 122 Å². The fourth-order valence-electron chi connectivity index (χ4n) is 8.82. The molecule has 5 aromatic carbocycles. The lowest BCUT2D eigenvalue weighted by Gasteiger charge is -2.36. The quantitative estimate of drug-likeness (QED) is 0.0408. The first-order valence-electron chi connectivity index (χ1n) is 22.8. The number of esters is 1. The zero-order valence-corrected chi connectivity index (χ0v) is 36.9. The van der Waals surface area contributed by atoms with E-state index < -0.39 is 12.0 Å². The van der Waals surface area contributed by atoms with Gasteiger partial charge in [-0.25, -0.2) is 0 Å². The lowest BCUT2D eigenvalue weighted by atomic mass is 9.86. The van der Waals surface area contributed by atoms with Gasteiger partial charge in [0.15, 0.2) is 6.61 Å². The molecule has 0 bridgehead atoms. The van der Waals surface area contributed by atoms with Crippen molar-refractivity contribution in [3.8, 4) is 11.5 Å². The monoisotopic (exact) mass is 891 g/mol. The number of pyridine rings is 1. The van der Waals surface area contributed by atoms with Crippen molar-refractivity contribution >= 4 is 28.7 Å². The maximum atomic E-state index is 13.8. The van der Waals surface area contributed by atoms with Crippen LogP contribution < -0.4 is 26.2 Å². The summed E-state index contributed by atoms with van der Waals surface area (Å²) in [7, 11) is 0. The highest BCUT2D eigenvalue weighted by Gasteiger charge is 2.32. The van der Waals surface area contributed by atoms with E-state index in [2.05, 4.69) is 50.1 Å². The van der Waals surface area contributed by atoms with E-state index in [-0.39, 0.29) is 54.3 Å². The van der Waals surface area contributed by atoms with Crippen molar-refractivity contribution in [1.82, 2.24) is 25.8 Å². The van der Waals surface area contributed by atoms with Crippen LogP contribution in [0, 0.1) is 5.92 Å². The summed E-state index contributed by atoms with van der Waals surface area (Å²) in [6.45, 7) is 3.90. The molecular weight excluding hydrogens is 835 g/mol. The summed E-state index contributed by atoms with van der Waals surface area (Å²) in [5.74, 6) is -0.684. The zero-order valence-electron chi connectivity index (χ0n) is 36.9. The Kier molecular flexibility index (Phi) is 15.2. The van der Waals surface area contributed by atoms with Crippen molar-refractivity contribution in [2.45, 2.75) is 62.8 Å². The molecule has 1 aliphatic heterocycles. The van der Waals surface area contributed by atoms with Crippen molar-refractivity contribution < 1.29 is 34.1 Å². The standard InChI is InChI=1S/C53H57N5O8/c59-46-20-18-44(45-19-21-48(61)57-51(45)46)47(60)31-54-25-22-35-14-16-39(17-15-35)52(63)56-42-29-41(30-42)55-49(62)34-65-43-13-7-12-40(28-43)50(38-10-5-2-6-11-38)53(64)66-33-37-23-26-58(27-24-37)32-36-8-3-1-4-9-36/h1-21,28,37,41-42,47,50,54,59-60H,22-27,29-34H2,(H,55,62)(H,56,63)(H,57,61)/t41-,42-,47-,50?/m0/s1. The zero-order chi connectivity index (χ0) is 45.8. The van der Waals surface area contributed by atoms with E-state index >= 15 is 0 Å².